The molecule has 4 nitrogen and oxygen atoms in total. The molecule has 1 saturated carbocycles. The van der Waals surface area contributed by atoms with Crippen molar-refractivity contribution >= 4 is 17.2 Å². The Bertz CT molecular complexity index is 941. The van der Waals surface area contributed by atoms with E-state index in [0.717, 1.165) is 24.0 Å². The van der Waals surface area contributed by atoms with E-state index >= 15 is 0 Å². The van der Waals surface area contributed by atoms with Crippen LogP contribution in [0.1, 0.15) is 28.9 Å². The predicted molar refractivity (Wildman–Crippen MR) is 86.8 cm³/mol. The first-order valence-electron chi connectivity index (χ1n) is 7.63. The van der Waals surface area contributed by atoms with Gasteiger partial charge >= 0.3 is 0 Å². The smallest absolute Gasteiger partial charge is 0.186 e. The van der Waals surface area contributed by atoms with Gasteiger partial charge in [-0.25, -0.2) is 9.37 Å². The molecule has 23 heavy (non-hydrogen) atoms. The maximum absolute atomic E-state index is 13.8. The Morgan fingerprint density at radius 3 is 2.83 bits per heavy atom. The summed E-state index contributed by atoms with van der Waals surface area (Å²) >= 11 is 0. The molecular formula is C18H16FN3O. The van der Waals surface area contributed by atoms with Crippen molar-refractivity contribution in [3.05, 3.63) is 53.6 Å². The van der Waals surface area contributed by atoms with E-state index in [4.69, 9.17) is 5.73 Å². The van der Waals surface area contributed by atoms with Crippen molar-refractivity contribution in [3.8, 4) is 11.1 Å². The van der Waals surface area contributed by atoms with Gasteiger partial charge in [-0.2, -0.15) is 0 Å². The number of Topliss-reactive ketones (excluding diaryl/α,β-unsaturated/α-hetero) is 1. The third kappa shape index (κ3) is 2.20. The van der Waals surface area contributed by atoms with Gasteiger partial charge < -0.3 is 5.73 Å². The molecule has 0 radical (unpaired) electrons. The minimum atomic E-state index is -0.248. The minimum Gasteiger partial charge on any atom is -0.382 e. The van der Waals surface area contributed by atoms with E-state index in [0.29, 0.717) is 16.9 Å². The average molecular weight is 309 g/mol. The molecule has 0 amide bonds. The monoisotopic (exact) mass is 309 g/mol. The van der Waals surface area contributed by atoms with Crippen LogP contribution in [0, 0.1) is 18.7 Å². The molecule has 116 valence electrons. The first-order chi connectivity index (χ1) is 11.1. The van der Waals surface area contributed by atoms with Crippen molar-refractivity contribution in [3.63, 3.8) is 0 Å². The largest absolute Gasteiger partial charge is 0.382 e. The van der Waals surface area contributed by atoms with E-state index in [1.54, 1.807) is 23.5 Å². The van der Waals surface area contributed by atoms with Crippen LogP contribution in [0.3, 0.4) is 0 Å². The molecule has 1 aliphatic rings. The third-order valence-electron chi connectivity index (χ3n) is 4.41. The minimum absolute atomic E-state index is 0.0446. The molecule has 0 saturated heterocycles. The number of rotatable bonds is 3. The lowest BCUT2D eigenvalue weighted by Crippen LogP contribution is -2.08. The summed E-state index contributed by atoms with van der Waals surface area (Å²) in [4.78, 5) is 16.7. The average Bonchev–Trinajstić information content (AvgIpc) is 3.32. The van der Waals surface area contributed by atoms with E-state index in [-0.39, 0.29) is 23.3 Å². The van der Waals surface area contributed by atoms with Gasteiger partial charge in [0.2, 0.25) is 0 Å². The molecular weight excluding hydrogens is 293 g/mol. The molecule has 0 bridgehead atoms. The van der Waals surface area contributed by atoms with Crippen molar-refractivity contribution in [1.82, 2.24) is 9.38 Å². The molecule has 0 atom stereocenters. The predicted octanol–water partition coefficient (Wildman–Crippen LogP) is 3.62. The molecule has 2 N–H and O–H groups in total. The Balaban J connectivity index is 1.91. The van der Waals surface area contributed by atoms with Gasteiger partial charge in [0.05, 0.1) is 0 Å². The number of anilines is 1. The Kier molecular flexibility index (Phi) is 2.98. The number of hydrogen-bond acceptors (Lipinski definition) is 3. The molecule has 0 unspecified atom stereocenters. The molecule has 0 spiro atoms. The van der Waals surface area contributed by atoms with Gasteiger partial charge in [-0.3, -0.25) is 9.20 Å². The summed E-state index contributed by atoms with van der Waals surface area (Å²) < 4.78 is 15.5. The van der Waals surface area contributed by atoms with Crippen molar-refractivity contribution < 1.29 is 9.18 Å². The standard InChI is InChI=1S/C18H16FN3O/c1-10-13(3-2-4-14(10)19)12-7-8-15-21-18(20)16(22(15)9-12)17(23)11-5-6-11/h2-4,7-9,11H,5-6,20H2,1H3. The van der Waals surface area contributed by atoms with E-state index in [9.17, 15) is 9.18 Å². The Labute approximate surface area is 132 Å². The highest BCUT2D eigenvalue weighted by atomic mass is 19.1. The number of hydrogen-bond donors (Lipinski definition) is 1. The molecule has 5 heteroatoms. The van der Waals surface area contributed by atoms with E-state index < -0.39 is 0 Å². The molecule has 1 aromatic carbocycles. The van der Waals surface area contributed by atoms with Crippen LogP contribution in [0.2, 0.25) is 0 Å². The van der Waals surface area contributed by atoms with E-state index in [1.807, 2.05) is 18.3 Å². The van der Waals surface area contributed by atoms with Gasteiger partial charge in [0.15, 0.2) is 11.6 Å². The van der Waals surface area contributed by atoms with Crippen LogP contribution in [0.5, 0.6) is 0 Å². The number of pyridine rings is 1. The molecule has 3 aromatic rings. The van der Waals surface area contributed by atoms with Crippen molar-refractivity contribution in [2.45, 2.75) is 19.8 Å². The Hall–Kier alpha value is -2.69. The van der Waals surface area contributed by atoms with Gasteiger partial charge in [0.1, 0.15) is 17.2 Å². The van der Waals surface area contributed by atoms with Crippen molar-refractivity contribution in [2.24, 2.45) is 5.92 Å². The zero-order valence-electron chi connectivity index (χ0n) is 12.7. The van der Waals surface area contributed by atoms with Crippen molar-refractivity contribution in [2.75, 3.05) is 5.73 Å². The summed E-state index contributed by atoms with van der Waals surface area (Å²) in [5.74, 6) is 0.122. The molecule has 2 aromatic heterocycles. The lowest BCUT2D eigenvalue weighted by molar-refractivity contribution is 0.0963. The molecule has 0 aliphatic heterocycles. The summed E-state index contributed by atoms with van der Waals surface area (Å²) in [6, 6.07) is 8.66. The van der Waals surface area contributed by atoms with Crippen LogP contribution in [-0.4, -0.2) is 15.2 Å². The first kappa shape index (κ1) is 13.9. The van der Waals surface area contributed by atoms with Crippen LogP contribution in [-0.2, 0) is 0 Å². The van der Waals surface area contributed by atoms with Crippen LogP contribution in [0.4, 0.5) is 10.2 Å². The first-order valence-corrected chi connectivity index (χ1v) is 7.63. The highest BCUT2D eigenvalue weighted by Crippen LogP contribution is 2.35. The molecule has 2 heterocycles. The van der Waals surface area contributed by atoms with E-state index in [1.165, 1.54) is 6.07 Å². The van der Waals surface area contributed by atoms with Crippen molar-refractivity contribution in [1.29, 1.82) is 0 Å². The number of ketones is 1. The normalized spacial score (nSPS) is 14.3. The quantitative estimate of drug-likeness (QED) is 0.752. The SMILES string of the molecule is Cc1c(F)cccc1-c1ccc2nc(N)c(C(=O)C3CC3)n2c1. The fourth-order valence-electron chi connectivity index (χ4n) is 2.93. The summed E-state index contributed by atoms with van der Waals surface area (Å²) in [5, 5.41) is 0. The lowest BCUT2D eigenvalue weighted by atomic mass is 10.0. The Morgan fingerprint density at radius 1 is 1.30 bits per heavy atom. The number of nitrogen functional groups attached to an aromatic ring is 1. The summed E-state index contributed by atoms with van der Waals surface area (Å²) in [7, 11) is 0. The second kappa shape index (κ2) is 4.91. The van der Waals surface area contributed by atoms with Crippen LogP contribution < -0.4 is 5.73 Å². The number of halogens is 1. The molecule has 1 aliphatic carbocycles. The van der Waals surface area contributed by atoms with Gasteiger partial charge in [-0.1, -0.05) is 12.1 Å². The fourth-order valence-corrected chi connectivity index (χ4v) is 2.93. The lowest BCUT2D eigenvalue weighted by Gasteiger charge is -2.08. The fraction of sp³-hybridized carbons (Fsp3) is 0.222. The summed E-state index contributed by atoms with van der Waals surface area (Å²) in [6.07, 6.45) is 3.64. The van der Waals surface area contributed by atoms with E-state index in [2.05, 4.69) is 4.98 Å². The number of imidazole rings is 1. The van der Waals surface area contributed by atoms with Gasteiger partial charge in [-0.05, 0) is 54.7 Å². The third-order valence-corrected chi connectivity index (χ3v) is 4.41. The van der Waals surface area contributed by atoms with Gasteiger partial charge in [0.25, 0.3) is 0 Å². The summed E-state index contributed by atoms with van der Waals surface area (Å²) in [5.41, 5.74) is 9.23. The van der Waals surface area contributed by atoms with Crippen LogP contribution >= 0.6 is 0 Å². The Morgan fingerprint density at radius 2 is 2.09 bits per heavy atom. The zero-order valence-corrected chi connectivity index (χ0v) is 12.7. The number of fused-ring (bicyclic) bond motifs is 1. The highest BCUT2D eigenvalue weighted by molar-refractivity contribution is 6.02. The van der Waals surface area contributed by atoms with Gasteiger partial charge in [-0.15, -0.1) is 0 Å². The maximum Gasteiger partial charge on any atom is 0.186 e. The summed E-state index contributed by atoms with van der Waals surface area (Å²) in [6.45, 7) is 1.74. The molecule has 1 fully saturated rings. The number of carbonyl (C=O) groups is 1. The number of nitrogens with two attached hydrogens (primary N) is 1. The molecule has 4 rings (SSSR count). The number of benzene rings is 1. The second-order valence-corrected chi connectivity index (χ2v) is 6.04. The second-order valence-electron chi connectivity index (χ2n) is 6.04. The van der Waals surface area contributed by atoms with Crippen LogP contribution in [0.25, 0.3) is 16.8 Å². The number of carbonyl (C=O) groups excluding carboxylic acids is 1. The van der Waals surface area contributed by atoms with Gasteiger partial charge in [0, 0.05) is 12.1 Å². The number of aromatic nitrogens is 2. The van der Waals surface area contributed by atoms with Crippen LogP contribution in [0.15, 0.2) is 36.5 Å². The highest BCUT2D eigenvalue weighted by Gasteiger charge is 2.33. The zero-order chi connectivity index (χ0) is 16.1. The maximum atomic E-state index is 13.8. The topological polar surface area (TPSA) is 60.4 Å². The number of nitrogens with zero attached hydrogens (tertiary/aromatic N) is 2.